The zero-order valence-electron chi connectivity index (χ0n) is 19.1. The van der Waals surface area contributed by atoms with E-state index in [2.05, 4.69) is 20.6 Å². The first kappa shape index (κ1) is 24.6. The maximum absolute atomic E-state index is 13.2. The summed E-state index contributed by atoms with van der Waals surface area (Å²) in [6.07, 6.45) is 2.96. The van der Waals surface area contributed by atoms with Gasteiger partial charge in [-0.3, -0.25) is 14.2 Å². The molecular formula is C23H17ClN6O5S2. The molecule has 5 heterocycles. The maximum atomic E-state index is 13.2. The minimum Gasteiger partial charge on any atom is -0.464 e. The third-order valence-corrected chi connectivity index (χ3v) is 7.23. The summed E-state index contributed by atoms with van der Waals surface area (Å²) >= 11 is 8.62. The van der Waals surface area contributed by atoms with E-state index in [1.54, 1.807) is 23.6 Å². The van der Waals surface area contributed by atoms with Gasteiger partial charge < -0.3 is 14.6 Å². The van der Waals surface area contributed by atoms with Gasteiger partial charge in [-0.05, 0) is 18.2 Å². The molecule has 11 nitrogen and oxygen atoms in total. The summed E-state index contributed by atoms with van der Waals surface area (Å²) in [6.45, 7) is 0.322. The highest BCUT2D eigenvalue weighted by molar-refractivity contribution is 7.16. The lowest BCUT2D eigenvalue weighted by molar-refractivity contribution is 0.0588. The molecule has 0 aliphatic rings. The predicted molar refractivity (Wildman–Crippen MR) is 137 cm³/mol. The quantitative estimate of drug-likeness (QED) is 0.281. The van der Waals surface area contributed by atoms with E-state index >= 15 is 0 Å². The lowest BCUT2D eigenvalue weighted by Crippen LogP contribution is -2.27. The Bertz CT molecular complexity index is 1620. The van der Waals surface area contributed by atoms with Crippen molar-refractivity contribution in [2.45, 2.75) is 13.1 Å². The first-order valence-electron chi connectivity index (χ1n) is 10.7. The number of hydrogen-bond acceptors (Lipinski definition) is 11. The summed E-state index contributed by atoms with van der Waals surface area (Å²) in [5, 5.41) is 13.3. The van der Waals surface area contributed by atoms with Gasteiger partial charge in [-0.15, -0.1) is 22.7 Å². The van der Waals surface area contributed by atoms with Gasteiger partial charge >= 0.3 is 11.9 Å². The van der Waals surface area contributed by atoms with Crippen LogP contribution in [0.3, 0.4) is 0 Å². The molecule has 0 fully saturated rings. The normalized spacial score (nSPS) is 11.0. The third-order valence-electron chi connectivity index (χ3n) is 5.23. The van der Waals surface area contributed by atoms with Gasteiger partial charge in [-0.1, -0.05) is 16.8 Å². The number of halogens is 1. The van der Waals surface area contributed by atoms with Crippen LogP contribution in [0.25, 0.3) is 11.3 Å². The summed E-state index contributed by atoms with van der Waals surface area (Å²) in [4.78, 5) is 43.9. The monoisotopic (exact) mass is 556 g/mol. The average molecular weight is 557 g/mol. The van der Waals surface area contributed by atoms with Crippen LogP contribution in [0.4, 0.5) is 5.82 Å². The van der Waals surface area contributed by atoms with Crippen LogP contribution in [0, 0.1) is 0 Å². The highest BCUT2D eigenvalue weighted by Crippen LogP contribution is 2.28. The summed E-state index contributed by atoms with van der Waals surface area (Å²) in [7, 11) is 1.21. The topological polar surface area (TPSA) is 134 Å². The van der Waals surface area contributed by atoms with Crippen LogP contribution < -0.4 is 10.9 Å². The van der Waals surface area contributed by atoms with Crippen LogP contribution in [0.5, 0.6) is 0 Å². The zero-order valence-corrected chi connectivity index (χ0v) is 21.5. The number of anilines is 1. The summed E-state index contributed by atoms with van der Waals surface area (Å²) in [5.41, 5.74) is 0.0586. The molecule has 5 aromatic rings. The Hall–Kier alpha value is -4.07. The van der Waals surface area contributed by atoms with Gasteiger partial charge in [0.1, 0.15) is 11.5 Å². The number of rotatable bonds is 8. The number of methoxy groups -OCH3 is 1. The second kappa shape index (κ2) is 10.5. The standard InChI is InChI=1S/C23H17ClN6O5S2/c1-34-23(33)20-15(3-5-19(31)29(20)12-13-6-7-27-35-13)16-10-18(26-11-14-2-4-17(24)37-14)30(28-16)22(32)21-25-8-9-36-21/h2-10,26H,11-12H2,1H3. The largest absolute Gasteiger partial charge is 0.464 e. The molecule has 1 N–H and O–H groups in total. The second-order valence-electron chi connectivity index (χ2n) is 7.52. The third kappa shape index (κ3) is 5.09. The number of nitrogens with one attached hydrogen (secondary N) is 1. The summed E-state index contributed by atoms with van der Waals surface area (Å²) < 4.78 is 13.1. The Morgan fingerprint density at radius 2 is 2.05 bits per heavy atom. The number of hydrogen-bond donors (Lipinski definition) is 1. The van der Waals surface area contributed by atoms with Crippen molar-refractivity contribution in [3.8, 4) is 11.3 Å². The highest BCUT2D eigenvalue weighted by Gasteiger charge is 2.25. The molecule has 0 saturated heterocycles. The van der Waals surface area contributed by atoms with E-state index in [0.29, 0.717) is 28.0 Å². The minimum atomic E-state index is -0.754. The predicted octanol–water partition coefficient (Wildman–Crippen LogP) is 4.01. The molecule has 5 rings (SSSR count). The van der Waals surface area contributed by atoms with Crippen molar-refractivity contribution in [1.29, 1.82) is 0 Å². The molecule has 188 valence electrons. The van der Waals surface area contributed by atoms with Gasteiger partial charge in [-0.2, -0.15) is 9.78 Å². The van der Waals surface area contributed by atoms with Gasteiger partial charge in [0.15, 0.2) is 10.8 Å². The molecule has 0 aromatic carbocycles. The number of thiazole rings is 1. The van der Waals surface area contributed by atoms with E-state index in [1.807, 2.05) is 6.07 Å². The van der Waals surface area contributed by atoms with Crippen molar-refractivity contribution in [2.24, 2.45) is 0 Å². The SMILES string of the molecule is COC(=O)c1c(-c2cc(NCc3ccc(Cl)s3)n(C(=O)c3nccs3)n2)ccc(=O)n1Cc1ccno1. The van der Waals surface area contributed by atoms with E-state index in [1.165, 1.54) is 63.6 Å². The first-order chi connectivity index (χ1) is 17.9. The molecule has 0 bridgehead atoms. The zero-order chi connectivity index (χ0) is 25.9. The van der Waals surface area contributed by atoms with Crippen LogP contribution in [-0.2, 0) is 17.8 Å². The fourth-order valence-electron chi connectivity index (χ4n) is 3.58. The average Bonchev–Trinajstić information content (AvgIpc) is 3.71. The molecule has 0 unspecified atom stereocenters. The molecule has 0 aliphatic heterocycles. The van der Waals surface area contributed by atoms with Crippen molar-refractivity contribution < 1.29 is 18.8 Å². The molecule has 14 heteroatoms. The lowest BCUT2D eigenvalue weighted by Gasteiger charge is -2.13. The molecule has 37 heavy (non-hydrogen) atoms. The van der Waals surface area contributed by atoms with Gasteiger partial charge in [0.25, 0.3) is 5.56 Å². The van der Waals surface area contributed by atoms with E-state index in [-0.39, 0.29) is 22.9 Å². The van der Waals surface area contributed by atoms with Crippen molar-refractivity contribution in [1.82, 2.24) is 24.5 Å². The molecule has 0 spiro atoms. The number of thiophene rings is 1. The van der Waals surface area contributed by atoms with Crippen LogP contribution >= 0.6 is 34.3 Å². The Kier molecular flexibility index (Phi) is 6.99. The molecule has 0 radical (unpaired) electrons. The number of pyridine rings is 1. The van der Waals surface area contributed by atoms with Crippen molar-refractivity contribution >= 4 is 52.0 Å². The highest BCUT2D eigenvalue weighted by atomic mass is 35.5. The fraction of sp³-hybridized carbons (Fsp3) is 0.130. The Morgan fingerprint density at radius 1 is 1.19 bits per heavy atom. The summed E-state index contributed by atoms with van der Waals surface area (Å²) in [6, 6.07) is 9.63. The molecule has 0 amide bonds. The minimum absolute atomic E-state index is 0.0469. The van der Waals surface area contributed by atoms with Crippen LogP contribution in [0.2, 0.25) is 4.34 Å². The van der Waals surface area contributed by atoms with E-state index in [0.717, 1.165) is 4.88 Å². The van der Waals surface area contributed by atoms with Gasteiger partial charge in [0.2, 0.25) is 0 Å². The van der Waals surface area contributed by atoms with Gasteiger partial charge in [0, 0.05) is 40.2 Å². The smallest absolute Gasteiger partial charge is 0.355 e. The first-order valence-corrected chi connectivity index (χ1v) is 12.8. The fourth-order valence-corrected chi connectivity index (χ4v) is 5.16. The molecule has 0 saturated carbocycles. The number of aromatic nitrogens is 5. The van der Waals surface area contributed by atoms with Crippen LogP contribution in [0.1, 0.15) is 30.9 Å². The second-order valence-corrected chi connectivity index (χ2v) is 10.2. The van der Waals surface area contributed by atoms with Crippen molar-refractivity contribution in [2.75, 3.05) is 12.4 Å². The lowest BCUT2D eigenvalue weighted by atomic mass is 10.1. The maximum Gasteiger partial charge on any atom is 0.355 e. The number of nitrogens with zero attached hydrogens (tertiary/aromatic N) is 5. The van der Waals surface area contributed by atoms with Crippen molar-refractivity contribution in [3.63, 3.8) is 0 Å². The Balaban J connectivity index is 1.61. The number of ether oxygens (including phenoxy) is 1. The van der Waals surface area contributed by atoms with E-state index in [9.17, 15) is 14.4 Å². The number of esters is 1. The summed E-state index contributed by atoms with van der Waals surface area (Å²) in [5.74, 6) is -0.479. The Labute approximate surface area is 221 Å². The van der Waals surface area contributed by atoms with E-state index in [4.69, 9.17) is 20.9 Å². The van der Waals surface area contributed by atoms with Gasteiger partial charge in [-0.25, -0.2) is 9.78 Å². The molecule has 5 aromatic heterocycles. The van der Waals surface area contributed by atoms with Gasteiger partial charge in [0.05, 0.1) is 36.4 Å². The number of carbonyl (C=O) groups is 2. The van der Waals surface area contributed by atoms with Crippen LogP contribution in [-0.4, -0.2) is 43.5 Å². The van der Waals surface area contributed by atoms with Crippen LogP contribution in [0.15, 0.2) is 63.5 Å². The molecule has 0 atom stereocenters. The van der Waals surface area contributed by atoms with E-state index < -0.39 is 17.4 Å². The molecule has 0 aliphatic carbocycles. The molecular weight excluding hydrogens is 540 g/mol. The van der Waals surface area contributed by atoms with Crippen molar-refractivity contribution in [3.05, 3.63) is 90.2 Å². The Morgan fingerprint density at radius 3 is 2.73 bits per heavy atom. The number of carbonyl (C=O) groups excluding carboxylic acids is 2.